The van der Waals surface area contributed by atoms with Crippen LogP contribution in [-0.2, 0) is 13.1 Å². The molecule has 0 spiro atoms. The third kappa shape index (κ3) is 3.42. The van der Waals surface area contributed by atoms with Gasteiger partial charge in [-0.3, -0.25) is 14.3 Å². The van der Waals surface area contributed by atoms with Crippen molar-refractivity contribution in [3.63, 3.8) is 0 Å². The number of aromatic nitrogens is 4. The molecule has 0 radical (unpaired) electrons. The molecule has 7 heteroatoms. The van der Waals surface area contributed by atoms with Crippen LogP contribution < -0.4 is 10.9 Å². The zero-order valence-electron chi connectivity index (χ0n) is 15.4. The number of carbonyl (C=O) groups is 1. The van der Waals surface area contributed by atoms with Crippen molar-refractivity contribution in [1.82, 2.24) is 19.6 Å². The normalized spacial score (nSPS) is 10.9. The average Bonchev–Trinajstić information content (AvgIpc) is 3.22. The highest BCUT2D eigenvalue weighted by atomic mass is 16.2. The Kier molecular flexibility index (Phi) is 4.72. The first kappa shape index (κ1) is 17.7. The van der Waals surface area contributed by atoms with Crippen molar-refractivity contribution >= 4 is 22.4 Å². The zero-order valence-corrected chi connectivity index (χ0v) is 15.4. The van der Waals surface area contributed by atoms with Gasteiger partial charge in [0, 0.05) is 30.0 Å². The fourth-order valence-corrected chi connectivity index (χ4v) is 3.14. The van der Waals surface area contributed by atoms with Crippen LogP contribution in [0.3, 0.4) is 0 Å². The van der Waals surface area contributed by atoms with Gasteiger partial charge in [0.25, 0.3) is 11.5 Å². The Balaban J connectivity index is 1.66. The van der Waals surface area contributed by atoms with Crippen LogP contribution in [0.15, 0.2) is 71.8 Å². The molecule has 0 saturated heterocycles. The third-order valence-electron chi connectivity index (χ3n) is 4.47. The Morgan fingerprint density at radius 1 is 1.07 bits per heavy atom. The summed E-state index contributed by atoms with van der Waals surface area (Å²) in [5, 5.41) is 12.4. The van der Waals surface area contributed by atoms with Gasteiger partial charge in [0.05, 0.1) is 11.9 Å². The molecule has 7 nitrogen and oxygen atoms in total. The van der Waals surface area contributed by atoms with E-state index < -0.39 is 0 Å². The van der Waals surface area contributed by atoms with Crippen LogP contribution in [0.2, 0.25) is 0 Å². The SMILES string of the molecule is CCn1nc(C(=O)Nc2cccc(Cn3cccn3)c2)c2ccccc2c1=O. The predicted molar refractivity (Wildman–Crippen MR) is 107 cm³/mol. The molecule has 0 bridgehead atoms. The second-order valence-electron chi connectivity index (χ2n) is 6.37. The van der Waals surface area contributed by atoms with Crippen LogP contribution in [-0.4, -0.2) is 25.5 Å². The number of anilines is 1. The number of benzene rings is 2. The molecule has 2 aromatic heterocycles. The summed E-state index contributed by atoms with van der Waals surface area (Å²) in [7, 11) is 0. The maximum atomic E-state index is 12.9. The van der Waals surface area contributed by atoms with Crippen LogP contribution in [0.5, 0.6) is 0 Å². The number of nitrogens with one attached hydrogen (secondary N) is 1. The molecule has 2 aromatic carbocycles. The summed E-state index contributed by atoms with van der Waals surface area (Å²) in [6.45, 7) is 2.82. The van der Waals surface area contributed by atoms with Crippen molar-refractivity contribution in [3.8, 4) is 0 Å². The average molecular weight is 373 g/mol. The molecule has 1 N–H and O–H groups in total. The largest absolute Gasteiger partial charge is 0.321 e. The summed E-state index contributed by atoms with van der Waals surface area (Å²) in [5.41, 5.74) is 1.71. The standard InChI is InChI=1S/C21H19N5O2/c1-2-26-21(28)18-10-4-3-9-17(18)19(24-26)20(27)23-16-8-5-7-15(13-16)14-25-12-6-11-22-25/h3-13H,2,14H2,1H3,(H,23,27). The predicted octanol–water partition coefficient (Wildman–Crippen LogP) is 2.91. The molecule has 2 heterocycles. The third-order valence-corrected chi connectivity index (χ3v) is 4.47. The summed E-state index contributed by atoms with van der Waals surface area (Å²) >= 11 is 0. The van der Waals surface area contributed by atoms with E-state index in [4.69, 9.17) is 0 Å². The van der Waals surface area contributed by atoms with Gasteiger partial charge in [-0.1, -0.05) is 30.3 Å². The van der Waals surface area contributed by atoms with Gasteiger partial charge < -0.3 is 5.32 Å². The second-order valence-corrected chi connectivity index (χ2v) is 6.37. The van der Waals surface area contributed by atoms with E-state index in [0.29, 0.717) is 29.5 Å². The van der Waals surface area contributed by atoms with Crippen LogP contribution in [0.4, 0.5) is 5.69 Å². The Hall–Kier alpha value is -3.74. The Morgan fingerprint density at radius 3 is 2.64 bits per heavy atom. The number of hydrogen-bond acceptors (Lipinski definition) is 4. The van der Waals surface area contributed by atoms with Crippen molar-refractivity contribution in [1.29, 1.82) is 0 Å². The highest BCUT2D eigenvalue weighted by Gasteiger charge is 2.16. The van der Waals surface area contributed by atoms with E-state index in [1.165, 1.54) is 4.68 Å². The van der Waals surface area contributed by atoms with Crippen molar-refractivity contribution < 1.29 is 4.79 Å². The van der Waals surface area contributed by atoms with Crippen LogP contribution in [0.25, 0.3) is 10.8 Å². The number of rotatable bonds is 5. The number of fused-ring (bicyclic) bond motifs is 1. The van der Waals surface area contributed by atoms with Gasteiger partial charge in [-0.2, -0.15) is 10.2 Å². The zero-order chi connectivity index (χ0) is 19.5. The van der Waals surface area contributed by atoms with E-state index in [-0.39, 0.29) is 17.2 Å². The highest BCUT2D eigenvalue weighted by Crippen LogP contribution is 2.17. The van der Waals surface area contributed by atoms with Gasteiger partial charge in [-0.25, -0.2) is 4.68 Å². The molecule has 0 unspecified atom stereocenters. The molecule has 0 aliphatic rings. The summed E-state index contributed by atoms with van der Waals surface area (Å²) in [6.07, 6.45) is 3.61. The number of amides is 1. The monoisotopic (exact) mass is 373 g/mol. The summed E-state index contributed by atoms with van der Waals surface area (Å²) in [6, 6.07) is 16.5. The number of aryl methyl sites for hydroxylation is 1. The molecule has 4 rings (SSSR count). The second kappa shape index (κ2) is 7.48. The lowest BCUT2D eigenvalue weighted by molar-refractivity contribution is 0.102. The molecule has 0 atom stereocenters. The van der Waals surface area contributed by atoms with E-state index in [2.05, 4.69) is 15.5 Å². The minimum Gasteiger partial charge on any atom is -0.321 e. The smallest absolute Gasteiger partial charge is 0.276 e. The minimum atomic E-state index is -0.352. The highest BCUT2D eigenvalue weighted by molar-refractivity contribution is 6.11. The Labute approximate surface area is 161 Å². The first-order chi connectivity index (χ1) is 13.7. The lowest BCUT2D eigenvalue weighted by Crippen LogP contribution is -2.27. The van der Waals surface area contributed by atoms with Crippen molar-refractivity contribution in [2.45, 2.75) is 20.0 Å². The molecule has 140 valence electrons. The molecule has 0 saturated carbocycles. The molecule has 1 amide bonds. The van der Waals surface area contributed by atoms with Crippen LogP contribution in [0.1, 0.15) is 23.0 Å². The van der Waals surface area contributed by atoms with E-state index in [1.54, 1.807) is 30.5 Å². The minimum absolute atomic E-state index is 0.198. The van der Waals surface area contributed by atoms with Crippen molar-refractivity contribution in [2.75, 3.05) is 5.32 Å². The van der Waals surface area contributed by atoms with E-state index in [1.807, 2.05) is 48.1 Å². The summed E-state index contributed by atoms with van der Waals surface area (Å²) < 4.78 is 3.12. The van der Waals surface area contributed by atoms with E-state index in [9.17, 15) is 9.59 Å². The van der Waals surface area contributed by atoms with Crippen molar-refractivity contribution in [3.05, 3.63) is 88.6 Å². The molecule has 0 aliphatic carbocycles. The molecular weight excluding hydrogens is 354 g/mol. The fraction of sp³-hybridized carbons (Fsp3) is 0.143. The molecule has 0 aliphatic heterocycles. The number of nitrogens with zero attached hydrogens (tertiary/aromatic N) is 4. The summed E-state index contributed by atoms with van der Waals surface area (Å²) in [5.74, 6) is -0.352. The van der Waals surface area contributed by atoms with Gasteiger partial charge in [0.15, 0.2) is 5.69 Å². The van der Waals surface area contributed by atoms with Gasteiger partial charge in [-0.05, 0) is 36.8 Å². The Morgan fingerprint density at radius 2 is 1.89 bits per heavy atom. The maximum absolute atomic E-state index is 12.9. The van der Waals surface area contributed by atoms with Crippen LogP contribution >= 0.6 is 0 Å². The lowest BCUT2D eigenvalue weighted by Gasteiger charge is -2.11. The maximum Gasteiger partial charge on any atom is 0.276 e. The van der Waals surface area contributed by atoms with E-state index in [0.717, 1.165) is 5.56 Å². The topological polar surface area (TPSA) is 81.8 Å². The molecule has 4 aromatic rings. The number of carbonyl (C=O) groups excluding carboxylic acids is 1. The van der Waals surface area contributed by atoms with Crippen molar-refractivity contribution in [2.24, 2.45) is 0 Å². The summed E-state index contributed by atoms with van der Waals surface area (Å²) in [4.78, 5) is 25.4. The van der Waals surface area contributed by atoms with Gasteiger partial charge in [-0.15, -0.1) is 0 Å². The molecule has 28 heavy (non-hydrogen) atoms. The molecular formula is C21H19N5O2. The first-order valence-electron chi connectivity index (χ1n) is 9.03. The lowest BCUT2D eigenvalue weighted by atomic mass is 10.1. The quantitative estimate of drug-likeness (QED) is 0.583. The van der Waals surface area contributed by atoms with Gasteiger partial charge in [0.1, 0.15) is 0 Å². The van der Waals surface area contributed by atoms with Gasteiger partial charge >= 0.3 is 0 Å². The Bertz CT molecular complexity index is 1200. The fourth-order valence-electron chi connectivity index (χ4n) is 3.14. The molecule has 0 fully saturated rings. The van der Waals surface area contributed by atoms with Crippen LogP contribution in [0, 0.1) is 0 Å². The van der Waals surface area contributed by atoms with Gasteiger partial charge in [0.2, 0.25) is 0 Å². The van der Waals surface area contributed by atoms with E-state index >= 15 is 0 Å². The first-order valence-corrected chi connectivity index (χ1v) is 9.03. The number of hydrogen-bond donors (Lipinski definition) is 1.